The Bertz CT molecular complexity index is 628. The van der Waals surface area contributed by atoms with Crippen molar-refractivity contribution in [3.8, 4) is 0 Å². The Morgan fingerprint density at radius 3 is 2.94 bits per heavy atom. The Hall–Kier alpha value is -2.10. The molecule has 1 aromatic heterocycles. The van der Waals surface area contributed by atoms with E-state index in [0.717, 1.165) is 11.2 Å². The SMILES string of the molecule is C=CCn1c(C)nc2cccc(NC)c2c1=O. The largest absolute Gasteiger partial charge is 0.387 e. The first kappa shape index (κ1) is 11.4. The molecule has 4 heteroatoms. The van der Waals surface area contributed by atoms with Crippen LogP contribution in [0.2, 0.25) is 0 Å². The van der Waals surface area contributed by atoms with E-state index < -0.39 is 0 Å². The molecule has 1 heterocycles. The Balaban J connectivity index is 2.88. The zero-order chi connectivity index (χ0) is 12.4. The lowest BCUT2D eigenvalue weighted by Gasteiger charge is -2.10. The molecule has 1 N–H and O–H groups in total. The van der Waals surface area contributed by atoms with Crippen LogP contribution in [0, 0.1) is 6.92 Å². The molecule has 0 unspecified atom stereocenters. The summed E-state index contributed by atoms with van der Waals surface area (Å²) in [7, 11) is 1.80. The molecule has 0 fully saturated rings. The first-order valence-corrected chi connectivity index (χ1v) is 5.48. The van der Waals surface area contributed by atoms with Crippen LogP contribution >= 0.6 is 0 Å². The summed E-state index contributed by atoms with van der Waals surface area (Å²) >= 11 is 0. The van der Waals surface area contributed by atoms with Gasteiger partial charge in [0.1, 0.15) is 5.82 Å². The van der Waals surface area contributed by atoms with Gasteiger partial charge in [0.25, 0.3) is 5.56 Å². The van der Waals surface area contributed by atoms with Crippen molar-refractivity contribution in [1.29, 1.82) is 0 Å². The molecule has 1 aromatic carbocycles. The fourth-order valence-electron chi connectivity index (χ4n) is 1.93. The molecule has 0 aliphatic rings. The molecule has 0 saturated heterocycles. The molecule has 0 aliphatic heterocycles. The van der Waals surface area contributed by atoms with E-state index >= 15 is 0 Å². The number of rotatable bonds is 3. The topological polar surface area (TPSA) is 46.9 Å². The van der Waals surface area contributed by atoms with Crippen molar-refractivity contribution in [2.75, 3.05) is 12.4 Å². The third-order valence-electron chi connectivity index (χ3n) is 2.76. The first-order valence-electron chi connectivity index (χ1n) is 5.48. The van der Waals surface area contributed by atoms with Crippen LogP contribution in [0.25, 0.3) is 10.9 Å². The summed E-state index contributed by atoms with van der Waals surface area (Å²) in [5.74, 6) is 0.704. The Labute approximate surface area is 99.6 Å². The monoisotopic (exact) mass is 229 g/mol. The first-order chi connectivity index (χ1) is 8.19. The van der Waals surface area contributed by atoms with Gasteiger partial charge >= 0.3 is 0 Å². The highest BCUT2D eigenvalue weighted by Gasteiger charge is 2.09. The molecule has 0 bridgehead atoms. The molecule has 0 saturated carbocycles. The summed E-state index contributed by atoms with van der Waals surface area (Å²) in [5, 5.41) is 3.65. The quantitative estimate of drug-likeness (QED) is 0.818. The maximum Gasteiger partial charge on any atom is 0.263 e. The molecule has 88 valence electrons. The smallest absolute Gasteiger partial charge is 0.263 e. The van der Waals surface area contributed by atoms with E-state index in [-0.39, 0.29) is 5.56 Å². The maximum atomic E-state index is 12.4. The second kappa shape index (κ2) is 4.41. The number of benzene rings is 1. The average Bonchev–Trinajstić information content (AvgIpc) is 2.33. The van der Waals surface area contributed by atoms with E-state index in [1.54, 1.807) is 17.7 Å². The Kier molecular flexibility index (Phi) is 2.95. The lowest BCUT2D eigenvalue weighted by Crippen LogP contribution is -2.24. The summed E-state index contributed by atoms with van der Waals surface area (Å²) in [6.45, 7) is 5.97. The Morgan fingerprint density at radius 1 is 1.53 bits per heavy atom. The number of hydrogen-bond acceptors (Lipinski definition) is 3. The van der Waals surface area contributed by atoms with E-state index in [4.69, 9.17) is 0 Å². The van der Waals surface area contributed by atoms with E-state index in [1.807, 2.05) is 25.1 Å². The van der Waals surface area contributed by atoms with Crippen molar-refractivity contribution in [2.45, 2.75) is 13.5 Å². The van der Waals surface area contributed by atoms with Crippen LogP contribution in [0.4, 0.5) is 5.69 Å². The average molecular weight is 229 g/mol. The van der Waals surface area contributed by atoms with Crippen LogP contribution in [0.3, 0.4) is 0 Å². The number of hydrogen-bond donors (Lipinski definition) is 1. The molecule has 2 aromatic rings. The number of nitrogens with zero attached hydrogens (tertiary/aromatic N) is 2. The molecular formula is C13H15N3O. The van der Waals surface area contributed by atoms with Crippen LogP contribution < -0.4 is 10.9 Å². The predicted molar refractivity (Wildman–Crippen MR) is 70.5 cm³/mol. The lowest BCUT2D eigenvalue weighted by molar-refractivity contribution is 0.729. The second-order valence-corrected chi connectivity index (χ2v) is 3.81. The fraction of sp³-hybridized carbons (Fsp3) is 0.231. The molecule has 0 amide bonds. The minimum absolute atomic E-state index is 0.0302. The maximum absolute atomic E-state index is 12.4. The van der Waals surface area contributed by atoms with Gasteiger partial charge in [-0.2, -0.15) is 0 Å². The van der Waals surface area contributed by atoms with E-state index in [9.17, 15) is 4.79 Å². The number of allylic oxidation sites excluding steroid dienone is 1. The van der Waals surface area contributed by atoms with E-state index in [2.05, 4.69) is 16.9 Å². The van der Waals surface area contributed by atoms with Gasteiger partial charge < -0.3 is 5.32 Å². The minimum atomic E-state index is -0.0302. The number of nitrogens with one attached hydrogen (secondary N) is 1. The van der Waals surface area contributed by atoms with Crippen molar-refractivity contribution >= 4 is 16.6 Å². The van der Waals surface area contributed by atoms with Crippen molar-refractivity contribution in [3.63, 3.8) is 0 Å². The summed E-state index contributed by atoms with van der Waals surface area (Å²) < 4.78 is 1.62. The van der Waals surface area contributed by atoms with E-state index in [1.165, 1.54) is 0 Å². The molecule has 4 nitrogen and oxygen atoms in total. The third kappa shape index (κ3) is 1.82. The van der Waals surface area contributed by atoms with Crippen molar-refractivity contribution < 1.29 is 0 Å². The molecule has 2 rings (SSSR count). The summed E-state index contributed by atoms with van der Waals surface area (Å²) in [6.07, 6.45) is 1.70. The van der Waals surface area contributed by atoms with Crippen molar-refractivity contribution in [2.24, 2.45) is 0 Å². The van der Waals surface area contributed by atoms with Gasteiger partial charge in [0.15, 0.2) is 0 Å². The normalized spacial score (nSPS) is 10.5. The third-order valence-corrected chi connectivity index (χ3v) is 2.76. The van der Waals surface area contributed by atoms with Gasteiger partial charge in [-0.3, -0.25) is 9.36 Å². The predicted octanol–water partition coefficient (Wildman–Crippen LogP) is 1.93. The van der Waals surface area contributed by atoms with Gasteiger partial charge in [0.2, 0.25) is 0 Å². The second-order valence-electron chi connectivity index (χ2n) is 3.81. The highest BCUT2D eigenvalue weighted by atomic mass is 16.1. The molecule has 0 aliphatic carbocycles. The molecule has 0 atom stereocenters. The highest BCUT2D eigenvalue weighted by Crippen LogP contribution is 2.18. The van der Waals surface area contributed by atoms with Gasteiger partial charge in [-0.1, -0.05) is 12.1 Å². The lowest BCUT2D eigenvalue weighted by atomic mass is 10.2. The van der Waals surface area contributed by atoms with Crippen LogP contribution in [0.5, 0.6) is 0 Å². The van der Waals surface area contributed by atoms with Crippen LogP contribution in [-0.2, 0) is 6.54 Å². The van der Waals surface area contributed by atoms with Crippen LogP contribution in [0.15, 0.2) is 35.6 Å². The number of fused-ring (bicyclic) bond motifs is 1. The highest BCUT2D eigenvalue weighted by molar-refractivity contribution is 5.90. The summed E-state index contributed by atoms with van der Waals surface area (Å²) in [6, 6.07) is 5.61. The zero-order valence-electron chi connectivity index (χ0n) is 10.0. The Morgan fingerprint density at radius 2 is 2.29 bits per heavy atom. The zero-order valence-corrected chi connectivity index (χ0v) is 10.0. The standard InChI is InChI=1S/C13H15N3O/c1-4-8-16-9(2)15-11-7-5-6-10(14-3)12(11)13(16)17/h4-7,14H,1,8H2,2-3H3. The molecule has 0 spiro atoms. The van der Waals surface area contributed by atoms with Crippen molar-refractivity contribution in [1.82, 2.24) is 9.55 Å². The van der Waals surface area contributed by atoms with E-state index in [0.29, 0.717) is 17.8 Å². The van der Waals surface area contributed by atoms with Crippen molar-refractivity contribution in [3.05, 3.63) is 47.0 Å². The van der Waals surface area contributed by atoms with Gasteiger partial charge in [-0.05, 0) is 19.1 Å². The number of aryl methyl sites for hydroxylation is 1. The van der Waals surface area contributed by atoms with Gasteiger partial charge in [-0.25, -0.2) is 4.98 Å². The summed E-state index contributed by atoms with van der Waals surface area (Å²) in [4.78, 5) is 16.8. The number of aromatic nitrogens is 2. The van der Waals surface area contributed by atoms with Crippen LogP contribution in [-0.4, -0.2) is 16.6 Å². The fourth-order valence-corrected chi connectivity index (χ4v) is 1.93. The van der Waals surface area contributed by atoms with Gasteiger partial charge in [0, 0.05) is 19.3 Å². The number of anilines is 1. The molecular weight excluding hydrogens is 214 g/mol. The van der Waals surface area contributed by atoms with Crippen LogP contribution in [0.1, 0.15) is 5.82 Å². The molecule has 17 heavy (non-hydrogen) atoms. The van der Waals surface area contributed by atoms with Gasteiger partial charge in [0.05, 0.1) is 10.9 Å². The van der Waals surface area contributed by atoms with Gasteiger partial charge in [-0.15, -0.1) is 6.58 Å². The molecule has 0 radical (unpaired) electrons. The summed E-state index contributed by atoms with van der Waals surface area (Å²) in [5.41, 5.74) is 1.50. The minimum Gasteiger partial charge on any atom is -0.387 e.